The van der Waals surface area contributed by atoms with E-state index in [1.807, 2.05) is 51.1 Å². The van der Waals surface area contributed by atoms with E-state index in [4.69, 9.17) is 27.9 Å². The van der Waals surface area contributed by atoms with Crippen LogP contribution in [0.5, 0.6) is 5.75 Å². The standard InChI is InChI=1S/C35H39Cl2FN6O2/c1-6-25(5)42-13-15-43(16-14-42)31-10-8-28(20-29(31)37)40-34-39-12-11-32(41-34)44(21-26-19-27(36)7-9-30(26)38)35(45)46-33-23(3)17-22(2)18-24(33)4/h7-12,17-20,25H,6,13-16,21H2,1-5H3,(H,39,40,41). The van der Waals surface area contributed by atoms with Crippen LogP contribution < -0.4 is 19.9 Å². The summed E-state index contributed by atoms with van der Waals surface area (Å²) in [5, 5.41) is 4.15. The van der Waals surface area contributed by atoms with Gasteiger partial charge in [0, 0.05) is 54.7 Å². The van der Waals surface area contributed by atoms with Crippen molar-refractivity contribution in [1.29, 1.82) is 0 Å². The summed E-state index contributed by atoms with van der Waals surface area (Å²) in [5.74, 6) is 0.380. The average molecular weight is 666 g/mol. The van der Waals surface area contributed by atoms with Gasteiger partial charge < -0.3 is 15.0 Å². The van der Waals surface area contributed by atoms with Crippen molar-refractivity contribution in [2.75, 3.05) is 41.3 Å². The number of hydrogen-bond donors (Lipinski definition) is 1. The quantitative estimate of drug-likeness (QED) is 0.192. The van der Waals surface area contributed by atoms with Crippen LogP contribution in [0.3, 0.4) is 0 Å². The predicted molar refractivity (Wildman–Crippen MR) is 185 cm³/mol. The number of anilines is 4. The van der Waals surface area contributed by atoms with E-state index in [2.05, 4.69) is 38.9 Å². The monoisotopic (exact) mass is 664 g/mol. The molecule has 3 aromatic carbocycles. The number of nitrogens with zero attached hydrogens (tertiary/aromatic N) is 5. The Bertz CT molecular complexity index is 1690. The number of aromatic nitrogens is 2. The first-order valence-electron chi connectivity index (χ1n) is 15.4. The second-order valence-electron chi connectivity index (χ2n) is 11.7. The molecule has 0 bridgehead atoms. The zero-order valence-corrected chi connectivity index (χ0v) is 28.3. The van der Waals surface area contributed by atoms with Crippen molar-refractivity contribution in [1.82, 2.24) is 14.9 Å². The third-order valence-electron chi connectivity index (χ3n) is 8.34. The van der Waals surface area contributed by atoms with Crippen molar-refractivity contribution in [3.05, 3.63) is 98.9 Å². The van der Waals surface area contributed by atoms with Crippen LogP contribution in [0, 0.1) is 26.6 Å². The second-order valence-corrected chi connectivity index (χ2v) is 12.6. The Kier molecular flexibility index (Phi) is 10.7. The maximum atomic E-state index is 14.9. The molecular formula is C35H39Cl2FN6O2. The summed E-state index contributed by atoms with van der Waals surface area (Å²) in [7, 11) is 0. The average Bonchev–Trinajstić information content (AvgIpc) is 3.03. The Hall–Kier alpha value is -3.92. The Morgan fingerprint density at radius 2 is 1.74 bits per heavy atom. The van der Waals surface area contributed by atoms with E-state index in [0.29, 0.717) is 27.5 Å². The fourth-order valence-corrected chi connectivity index (χ4v) is 6.23. The van der Waals surface area contributed by atoms with Crippen molar-refractivity contribution in [3.8, 4) is 5.75 Å². The molecule has 4 aromatic rings. The smallest absolute Gasteiger partial charge is 0.409 e. The molecule has 1 aliphatic rings. The molecule has 1 N–H and O–H groups in total. The number of hydrogen-bond acceptors (Lipinski definition) is 7. The van der Waals surface area contributed by atoms with Crippen LogP contribution in [0.15, 0.2) is 60.8 Å². The minimum Gasteiger partial charge on any atom is -0.409 e. The van der Waals surface area contributed by atoms with Crippen LogP contribution in [0.2, 0.25) is 10.0 Å². The molecule has 1 fully saturated rings. The van der Waals surface area contributed by atoms with E-state index in [0.717, 1.165) is 55.0 Å². The van der Waals surface area contributed by atoms with Gasteiger partial charge in [-0.3, -0.25) is 9.80 Å². The lowest BCUT2D eigenvalue weighted by atomic mass is 10.1. The minimum atomic E-state index is -0.722. The van der Waals surface area contributed by atoms with Gasteiger partial charge in [-0.05, 0) is 87.7 Å². The molecule has 1 unspecified atom stereocenters. The predicted octanol–water partition coefficient (Wildman–Crippen LogP) is 8.72. The molecule has 1 aliphatic heterocycles. The van der Waals surface area contributed by atoms with E-state index < -0.39 is 11.9 Å². The highest BCUT2D eigenvalue weighted by Gasteiger charge is 2.25. The molecule has 1 atom stereocenters. The number of amides is 1. The van der Waals surface area contributed by atoms with Crippen molar-refractivity contribution in [2.24, 2.45) is 0 Å². The highest BCUT2D eigenvalue weighted by Crippen LogP contribution is 2.32. The number of halogens is 3. The molecule has 2 heterocycles. The molecule has 1 aromatic heterocycles. The highest BCUT2D eigenvalue weighted by molar-refractivity contribution is 6.33. The van der Waals surface area contributed by atoms with Gasteiger partial charge in [0.2, 0.25) is 5.95 Å². The van der Waals surface area contributed by atoms with Gasteiger partial charge in [0.1, 0.15) is 17.4 Å². The fourth-order valence-electron chi connectivity index (χ4n) is 5.74. The van der Waals surface area contributed by atoms with E-state index in [9.17, 15) is 9.18 Å². The van der Waals surface area contributed by atoms with Crippen molar-refractivity contribution in [2.45, 2.75) is 53.6 Å². The zero-order chi connectivity index (χ0) is 33.0. The van der Waals surface area contributed by atoms with Gasteiger partial charge in [0.25, 0.3) is 0 Å². The van der Waals surface area contributed by atoms with Gasteiger partial charge in [-0.1, -0.05) is 47.8 Å². The first kappa shape index (κ1) is 33.4. The Morgan fingerprint density at radius 1 is 1.02 bits per heavy atom. The number of aryl methyl sites for hydroxylation is 3. The number of rotatable bonds is 9. The topological polar surface area (TPSA) is 73.8 Å². The zero-order valence-electron chi connectivity index (χ0n) is 26.8. The third-order valence-corrected chi connectivity index (χ3v) is 8.88. The van der Waals surface area contributed by atoms with Crippen molar-refractivity contribution >= 4 is 52.4 Å². The summed E-state index contributed by atoms with van der Waals surface area (Å²) >= 11 is 12.9. The lowest BCUT2D eigenvalue weighted by Gasteiger charge is -2.39. The number of nitrogens with one attached hydrogen (secondary N) is 1. The second kappa shape index (κ2) is 14.7. The maximum absolute atomic E-state index is 14.9. The number of piperazine rings is 1. The Labute approximate surface area is 280 Å². The van der Waals surface area contributed by atoms with Gasteiger partial charge in [-0.15, -0.1) is 0 Å². The normalized spacial score (nSPS) is 14.2. The van der Waals surface area contributed by atoms with Crippen LogP contribution in [0.4, 0.5) is 32.3 Å². The van der Waals surface area contributed by atoms with E-state index in [-0.39, 0.29) is 23.9 Å². The van der Waals surface area contributed by atoms with Crippen LogP contribution in [0.25, 0.3) is 0 Å². The molecule has 1 amide bonds. The van der Waals surface area contributed by atoms with Gasteiger partial charge >= 0.3 is 6.09 Å². The molecule has 0 aliphatic carbocycles. The summed E-state index contributed by atoms with van der Waals surface area (Å²) in [6, 6.07) is 16.0. The lowest BCUT2D eigenvalue weighted by molar-refractivity contribution is 0.193. The summed E-state index contributed by atoms with van der Waals surface area (Å²) in [6.45, 7) is 13.8. The minimum absolute atomic E-state index is 0.170. The molecule has 11 heteroatoms. The van der Waals surface area contributed by atoms with Gasteiger partial charge in [0.15, 0.2) is 0 Å². The molecule has 242 valence electrons. The summed E-state index contributed by atoms with van der Waals surface area (Å²) in [6.07, 6.45) is 1.93. The first-order valence-corrected chi connectivity index (χ1v) is 16.2. The molecule has 0 spiro atoms. The molecular weight excluding hydrogens is 626 g/mol. The van der Waals surface area contributed by atoms with E-state index in [1.54, 1.807) is 6.07 Å². The maximum Gasteiger partial charge on any atom is 0.421 e. The Balaban J connectivity index is 1.38. The van der Waals surface area contributed by atoms with Crippen molar-refractivity contribution in [3.63, 3.8) is 0 Å². The number of ether oxygens (including phenoxy) is 1. The molecule has 0 radical (unpaired) electrons. The lowest BCUT2D eigenvalue weighted by Crippen LogP contribution is -2.49. The van der Waals surface area contributed by atoms with Gasteiger partial charge in [-0.2, -0.15) is 4.98 Å². The molecule has 1 saturated heterocycles. The first-order chi connectivity index (χ1) is 22.0. The van der Waals surface area contributed by atoms with E-state index >= 15 is 0 Å². The summed E-state index contributed by atoms with van der Waals surface area (Å²) in [4.78, 5) is 28.8. The fraction of sp³-hybridized carbons (Fsp3) is 0.343. The number of carbonyl (C=O) groups is 1. The van der Waals surface area contributed by atoms with Crippen LogP contribution in [-0.2, 0) is 6.54 Å². The summed E-state index contributed by atoms with van der Waals surface area (Å²) < 4.78 is 20.7. The third kappa shape index (κ3) is 7.89. The van der Waals surface area contributed by atoms with Crippen LogP contribution in [-0.4, -0.2) is 53.2 Å². The molecule has 46 heavy (non-hydrogen) atoms. The van der Waals surface area contributed by atoms with Crippen molar-refractivity contribution < 1.29 is 13.9 Å². The number of carbonyl (C=O) groups excluding carboxylic acids is 1. The Morgan fingerprint density at radius 3 is 2.41 bits per heavy atom. The van der Waals surface area contributed by atoms with Gasteiger partial charge in [0.05, 0.1) is 17.3 Å². The highest BCUT2D eigenvalue weighted by atomic mass is 35.5. The molecule has 5 rings (SSSR count). The molecule has 0 saturated carbocycles. The largest absolute Gasteiger partial charge is 0.421 e. The van der Waals surface area contributed by atoms with E-state index in [1.165, 1.54) is 29.3 Å². The van der Waals surface area contributed by atoms with Crippen LogP contribution >= 0.6 is 23.2 Å². The van der Waals surface area contributed by atoms with Crippen LogP contribution in [0.1, 0.15) is 42.5 Å². The molecule has 8 nitrogen and oxygen atoms in total. The SMILES string of the molecule is CCC(C)N1CCN(c2ccc(Nc3nccc(N(Cc4cc(Cl)ccc4F)C(=O)Oc4c(C)cc(C)cc4C)n3)cc2Cl)CC1. The summed E-state index contributed by atoms with van der Waals surface area (Å²) in [5.41, 5.74) is 4.54. The number of benzene rings is 3. The van der Waals surface area contributed by atoms with Gasteiger partial charge in [-0.25, -0.2) is 14.2 Å².